The topological polar surface area (TPSA) is 93.9 Å². The summed E-state index contributed by atoms with van der Waals surface area (Å²) in [5, 5.41) is 8.27. The molecule has 0 aliphatic heterocycles. The molecule has 0 fully saturated rings. The molecule has 0 radical (unpaired) electrons. The highest BCUT2D eigenvalue weighted by Gasteiger charge is 2.16. The van der Waals surface area contributed by atoms with Crippen LogP contribution in [0, 0.1) is 12.3 Å². The second kappa shape index (κ2) is 2.38. The number of aromatic nitrogens is 2. The highest BCUT2D eigenvalue weighted by molar-refractivity contribution is 5.44. The van der Waals surface area contributed by atoms with Crippen molar-refractivity contribution in [3.63, 3.8) is 0 Å². The lowest BCUT2D eigenvalue weighted by Gasteiger charge is -1.83. The summed E-state index contributed by atoms with van der Waals surface area (Å²) in [5.74, 6) is 0. The summed E-state index contributed by atoms with van der Waals surface area (Å²) in [6.45, 7) is 1.46. The van der Waals surface area contributed by atoms with Crippen LogP contribution in [0.25, 0.3) is 4.98 Å². The Morgan fingerprint density at radius 3 is 2.45 bits per heavy atom. The molecule has 2 N–H and O–H groups in total. The van der Waals surface area contributed by atoms with Crippen LogP contribution in [0.3, 0.4) is 0 Å². The van der Waals surface area contributed by atoms with Crippen LogP contribution >= 0.6 is 0 Å². The third-order valence-electron chi connectivity index (χ3n) is 1.20. The van der Waals surface area contributed by atoms with Crippen molar-refractivity contribution in [2.75, 3.05) is 0 Å². The molecule has 0 aromatic carbocycles. The second-order valence-corrected chi connectivity index (χ2v) is 1.98. The van der Waals surface area contributed by atoms with E-state index in [-0.39, 0.29) is 11.4 Å². The van der Waals surface area contributed by atoms with Gasteiger partial charge >= 0.3 is 16.9 Å². The summed E-state index contributed by atoms with van der Waals surface area (Å²) in [5.41, 5.74) is -1.25. The predicted molar refractivity (Wildman–Crippen MR) is 37.2 cm³/mol. The van der Waals surface area contributed by atoms with Gasteiger partial charge < -0.3 is 4.98 Å². The molecule has 0 atom stereocenters. The molecule has 6 heteroatoms. The molecule has 0 saturated heterocycles. The number of hydrogen-bond acceptors (Lipinski definition) is 3. The molecule has 1 aromatic heterocycles. The van der Waals surface area contributed by atoms with Gasteiger partial charge in [-0.3, -0.25) is 9.78 Å². The van der Waals surface area contributed by atoms with E-state index in [0.29, 0.717) is 0 Å². The number of hydrogen-bond donors (Lipinski definition) is 2. The van der Waals surface area contributed by atoms with Gasteiger partial charge in [0.1, 0.15) is 5.69 Å². The zero-order chi connectivity index (χ0) is 8.43. The van der Waals surface area contributed by atoms with E-state index in [1.165, 1.54) is 6.92 Å². The molecule has 0 saturated carbocycles. The molecule has 6 nitrogen and oxygen atoms in total. The van der Waals surface area contributed by atoms with Crippen LogP contribution in [0.4, 0.5) is 5.69 Å². The van der Waals surface area contributed by atoms with Gasteiger partial charge in [0.15, 0.2) is 4.98 Å². The first-order valence-electron chi connectivity index (χ1n) is 2.83. The summed E-state index contributed by atoms with van der Waals surface area (Å²) in [6, 6.07) is 0. The quantitative estimate of drug-likeness (QED) is 0.507. The van der Waals surface area contributed by atoms with E-state index < -0.39 is 11.2 Å². The van der Waals surface area contributed by atoms with Gasteiger partial charge in [-0.25, -0.2) is 4.79 Å². The van der Waals surface area contributed by atoms with E-state index in [9.17, 15) is 9.59 Å². The maximum absolute atomic E-state index is 10.8. The predicted octanol–water partition coefficient (Wildman–Crippen LogP) is -0.144. The van der Waals surface area contributed by atoms with Crippen LogP contribution in [-0.4, -0.2) is 9.97 Å². The SMILES string of the molecule is Cc1[nH]c(=O)[nH]c(=O)c1[N+]#N. The average Bonchev–Trinajstić information content (AvgIpc) is 1.85. The van der Waals surface area contributed by atoms with E-state index in [2.05, 4.69) is 9.96 Å². The molecule has 1 aromatic rings. The molecule has 0 aliphatic rings. The van der Waals surface area contributed by atoms with E-state index in [1.54, 1.807) is 0 Å². The molecule has 0 amide bonds. The molecule has 1 rings (SSSR count). The molecule has 1 heterocycles. The fraction of sp³-hybridized carbons (Fsp3) is 0.200. The number of nitrogens with zero attached hydrogens (tertiary/aromatic N) is 2. The zero-order valence-corrected chi connectivity index (χ0v) is 5.71. The lowest BCUT2D eigenvalue weighted by molar-refractivity contribution is 1.00. The van der Waals surface area contributed by atoms with Crippen LogP contribution in [0.15, 0.2) is 9.59 Å². The second-order valence-electron chi connectivity index (χ2n) is 1.98. The first-order valence-corrected chi connectivity index (χ1v) is 2.83. The lowest BCUT2D eigenvalue weighted by atomic mass is 10.4. The fourth-order valence-corrected chi connectivity index (χ4v) is 0.714. The minimum absolute atomic E-state index is 0.176. The Morgan fingerprint density at radius 2 is 2.00 bits per heavy atom. The first-order chi connectivity index (χ1) is 5.15. The number of nitrogens with one attached hydrogen (secondary N) is 2. The van der Waals surface area contributed by atoms with Crippen LogP contribution in [0.5, 0.6) is 0 Å². The molecule has 11 heavy (non-hydrogen) atoms. The van der Waals surface area contributed by atoms with Crippen molar-refractivity contribution < 1.29 is 0 Å². The van der Waals surface area contributed by atoms with Crippen molar-refractivity contribution in [1.82, 2.24) is 9.97 Å². The highest BCUT2D eigenvalue weighted by atomic mass is 16.2. The molecule has 0 bridgehead atoms. The monoisotopic (exact) mass is 153 g/mol. The summed E-state index contributed by atoms with van der Waals surface area (Å²) >= 11 is 0. The van der Waals surface area contributed by atoms with Gasteiger partial charge in [-0.05, 0) is 6.92 Å². The Morgan fingerprint density at radius 1 is 1.36 bits per heavy atom. The van der Waals surface area contributed by atoms with Gasteiger partial charge in [-0.2, -0.15) is 0 Å². The standard InChI is InChI=1S/C5H4N4O2/c1-2-3(9-6)4(10)8-5(11)7-2/h1H3,(H-,7,8,10,11)/p+1. The number of H-pyrrole nitrogens is 2. The van der Waals surface area contributed by atoms with Gasteiger partial charge in [0.05, 0.1) is 0 Å². The van der Waals surface area contributed by atoms with Crippen molar-refractivity contribution in [2.45, 2.75) is 6.92 Å². The third kappa shape index (κ3) is 1.16. The van der Waals surface area contributed by atoms with E-state index in [1.807, 2.05) is 4.98 Å². The van der Waals surface area contributed by atoms with E-state index in [4.69, 9.17) is 5.39 Å². The van der Waals surface area contributed by atoms with E-state index >= 15 is 0 Å². The van der Waals surface area contributed by atoms with Crippen LogP contribution < -0.4 is 11.2 Å². The zero-order valence-electron chi connectivity index (χ0n) is 5.71. The first kappa shape index (κ1) is 7.21. The Hall–Kier alpha value is -1.90. The lowest BCUT2D eigenvalue weighted by Crippen LogP contribution is -2.22. The molecule has 0 unspecified atom stereocenters. The highest BCUT2D eigenvalue weighted by Crippen LogP contribution is 2.04. The van der Waals surface area contributed by atoms with Gasteiger partial charge in [0, 0.05) is 0 Å². The van der Waals surface area contributed by atoms with Gasteiger partial charge in [0.2, 0.25) is 5.39 Å². The summed E-state index contributed by atoms with van der Waals surface area (Å²) in [6.07, 6.45) is 0. The van der Waals surface area contributed by atoms with Crippen molar-refractivity contribution in [3.8, 4) is 0 Å². The molecule has 56 valence electrons. The normalized spacial score (nSPS) is 9.09. The summed E-state index contributed by atoms with van der Waals surface area (Å²) < 4.78 is 0. The number of aryl methyl sites for hydroxylation is 1. The van der Waals surface area contributed by atoms with Gasteiger partial charge in [-0.1, -0.05) is 0 Å². The molecule has 0 spiro atoms. The van der Waals surface area contributed by atoms with Crippen molar-refractivity contribution in [3.05, 3.63) is 31.5 Å². The maximum atomic E-state index is 10.8. The van der Waals surface area contributed by atoms with Gasteiger partial charge in [-0.15, -0.1) is 0 Å². The maximum Gasteiger partial charge on any atom is 0.467 e. The molecule has 0 aliphatic carbocycles. The summed E-state index contributed by atoms with van der Waals surface area (Å²) in [7, 11) is 0. The minimum atomic E-state index is -0.700. The van der Waals surface area contributed by atoms with Crippen molar-refractivity contribution in [2.24, 2.45) is 0 Å². The molecular formula is C5H5N4O2+. The minimum Gasteiger partial charge on any atom is -0.304 e. The van der Waals surface area contributed by atoms with Crippen LogP contribution in [0.1, 0.15) is 5.69 Å². The smallest absolute Gasteiger partial charge is 0.304 e. The Bertz CT molecular complexity index is 421. The third-order valence-corrected chi connectivity index (χ3v) is 1.20. The number of aromatic amines is 2. The van der Waals surface area contributed by atoms with Crippen molar-refractivity contribution >= 4 is 5.69 Å². The Labute approximate surface area is 60.5 Å². The van der Waals surface area contributed by atoms with E-state index in [0.717, 1.165) is 0 Å². The van der Waals surface area contributed by atoms with Gasteiger partial charge in [0.25, 0.3) is 0 Å². The number of rotatable bonds is 0. The van der Waals surface area contributed by atoms with Crippen molar-refractivity contribution in [1.29, 1.82) is 5.39 Å². The Kier molecular flexibility index (Phi) is 1.56. The van der Waals surface area contributed by atoms with Crippen LogP contribution in [-0.2, 0) is 0 Å². The largest absolute Gasteiger partial charge is 0.467 e. The summed E-state index contributed by atoms with van der Waals surface area (Å²) in [4.78, 5) is 28.2. The fourth-order valence-electron chi connectivity index (χ4n) is 0.714. The Balaban J connectivity index is 3.66. The van der Waals surface area contributed by atoms with Crippen LogP contribution in [0.2, 0.25) is 0 Å². The molecular weight excluding hydrogens is 148 g/mol. The average molecular weight is 153 g/mol. The number of diazo groups is 1.